The first-order chi connectivity index (χ1) is 10.1. The second-order valence-corrected chi connectivity index (χ2v) is 5.57. The van der Waals surface area contributed by atoms with Crippen molar-refractivity contribution in [1.82, 2.24) is 0 Å². The van der Waals surface area contributed by atoms with Crippen LogP contribution in [-0.4, -0.2) is 30.5 Å². The SMILES string of the molecule is COc1cccc(CC(CO)(CO)c2ccc(Cl)cc2)c1. The molecule has 0 amide bonds. The van der Waals surface area contributed by atoms with Gasteiger partial charge in [-0.2, -0.15) is 0 Å². The maximum absolute atomic E-state index is 9.86. The lowest BCUT2D eigenvalue weighted by molar-refractivity contribution is 0.116. The maximum Gasteiger partial charge on any atom is 0.119 e. The monoisotopic (exact) mass is 306 g/mol. The molecule has 0 aliphatic rings. The van der Waals surface area contributed by atoms with Crippen LogP contribution in [0.4, 0.5) is 0 Å². The Morgan fingerprint density at radius 3 is 2.29 bits per heavy atom. The van der Waals surface area contributed by atoms with Gasteiger partial charge in [0.15, 0.2) is 0 Å². The molecule has 0 bridgehead atoms. The number of rotatable bonds is 6. The zero-order valence-electron chi connectivity index (χ0n) is 11.9. The summed E-state index contributed by atoms with van der Waals surface area (Å²) in [5.74, 6) is 0.758. The van der Waals surface area contributed by atoms with E-state index < -0.39 is 5.41 Å². The first kappa shape index (κ1) is 15.8. The highest BCUT2D eigenvalue weighted by Crippen LogP contribution is 2.30. The Morgan fingerprint density at radius 1 is 1.05 bits per heavy atom. The van der Waals surface area contributed by atoms with Gasteiger partial charge in [-0.05, 0) is 41.8 Å². The summed E-state index contributed by atoms with van der Waals surface area (Å²) in [6.07, 6.45) is 0.513. The zero-order valence-corrected chi connectivity index (χ0v) is 12.7. The molecule has 0 unspecified atom stereocenters. The molecule has 3 nitrogen and oxygen atoms in total. The van der Waals surface area contributed by atoms with Gasteiger partial charge in [-0.3, -0.25) is 0 Å². The molecule has 2 rings (SSSR count). The lowest BCUT2D eigenvalue weighted by Gasteiger charge is -2.30. The van der Waals surface area contributed by atoms with Crippen molar-refractivity contribution in [2.45, 2.75) is 11.8 Å². The van der Waals surface area contributed by atoms with E-state index in [-0.39, 0.29) is 13.2 Å². The normalized spacial score (nSPS) is 11.4. The van der Waals surface area contributed by atoms with Gasteiger partial charge in [0.05, 0.1) is 20.3 Å². The van der Waals surface area contributed by atoms with Crippen LogP contribution in [0.3, 0.4) is 0 Å². The summed E-state index contributed by atoms with van der Waals surface area (Å²) >= 11 is 5.91. The molecule has 2 N–H and O–H groups in total. The van der Waals surface area contributed by atoms with Crippen molar-refractivity contribution in [2.75, 3.05) is 20.3 Å². The Labute approximate surface area is 129 Å². The van der Waals surface area contributed by atoms with E-state index in [9.17, 15) is 10.2 Å². The van der Waals surface area contributed by atoms with Gasteiger partial charge in [0.1, 0.15) is 5.75 Å². The first-order valence-electron chi connectivity index (χ1n) is 6.74. The van der Waals surface area contributed by atoms with Crippen molar-refractivity contribution in [3.05, 3.63) is 64.7 Å². The highest BCUT2D eigenvalue weighted by atomic mass is 35.5. The molecule has 0 saturated carbocycles. The van der Waals surface area contributed by atoms with Crippen LogP contribution in [0, 0.1) is 0 Å². The van der Waals surface area contributed by atoms with Gasteiger partial charge in [-0.25, -0.2) is 0 Å². The van der Waals surface area contributed by atoms with Gasteiger partial charge in [0, 0.05) is 10.4 Å². The Hall–Kier alpha value is -1.55. The summed E-state index contributed by atoms with van der Waals surface area (Å²) in [4.78, 5) is 0. The van der Waals surface area contributed by atoms with E-state index in [1.807, 2.05) is 36.4 Å². The predicted octanol–water partition coefficient (Wildman–Crippen LogP) is 2.81. The minimum atomic E-state index is -0.739. The number of ether oxygens (including phenoxy) is 1. The van der Waals surface area contributed by atoms with Crippen LogP contribution < -0.4 is 4.74 Å². The molecule has 0 aliphatic carbocycles. The fourth-order valence-electron chi connectivity index (χ4n) is 2.42. The molecule has 4 heteroatoms. The average Bonchev–Trinajstić information content (AvgIpc) is 2.54. The first-order valence-corrected chi connectivity index (χ1v) is 7.12. The van der Waals surface area contributed by atoms with Crippen LogP contribution in [0.25, 0.3) is 0 Å². The van der Waals surface area contributed by atoms with E-state index in [0.717, 1.165) is 16.9 Å². The predicted molar refractivity (Wildman–Crippen MR) is 84.0 cm³/mol. The van der Waals surface area contributed by atoms with Gasteiger partial charge in [-0.15, -0.1) is 0 Å². The molecule has 21 heavy (non-hydrogen) atoms. The second-order valence-electron chi connectivity index (χ2n) is 5.13. The van der Waals surface area contributed by atoms with Crippen molar-refractivity contribution in [3.63, 3.8) is 0 Å². The van der Waals surface area contributed by atoms with Gasteiger partial charge >= 0.3 is 0 Å². The third-order valence-corrected chi connectivity index (χ3v) is 3.99. The summed E-state index contributed by atoms with van der Waals surface area (Å²) in [6.45, 7) is -0.301. The Kier molecular flexibility index (Phi) is 5.23. The number of hydrogen-bond acceptors (Lipinski definition) is 3. The summed E-state index contributed by atoms with van der Waals surface area (Å²) < 4.78 is 5.22. The van der Waals surface area contributed by atoms with Gasteiger partial charge in [0.2, 0.25) is 0 Å². The van der Waals surface area contributed by atoms with Crippen LogP contribution in [0.2, 0.25) is 5.02 Å². The number of benzene rings is 2. The molecule has 0 saturated heterocycles. The summed E-state index contributed by atoms with van der Waals surface area (Å²) in [5.41, 5.74) is 1.11. The number of aliphatic hydroxyl groups excluding tert-OH is 2. The lowest BCUT2D eigenvalue weighted by Crippen LogP contribution is -2.37. The van der Waals surface area contributed by atoms with Gasteiger partial charge in [0.25, 0.3) is 0 Å². The molecule has 2 aromatic rings. The largest absolute Gasteiger partial charge is 0.497 e. The molecule has 2 aromatic carbocycles. The van der Waals surface area contributed by atoms with Crippen LogP contribution in [0.15, 0.2) is 48.5 Å². The van der Waals surface area contributed by atoms with Crippen molar-refractivity contribution >= 4 is 11.6 Å². The summed E-state index contributed by atoms with van der Waals surface area (Å²) in [5, 5.41) is 20.4. The fourth-order valence-corrected chi connectivity index (χ4v) is 2.55. The quantitative estimate of drug-likeness (QED) is 0.863. The van der Waals surface area contributed by atoms with Crippen molar-refractivity contribution in [1.29, 1.82) is 0 Å². The molecule has 0 aromatic heterocycles. The van der Waals surface area contributed by atoms with Crippen molar-refractivity contribution < 1.29 is 14.9 Å². The Bertz CT molecular complexity index is 577. The molecule has 0 heterocycles. The topological polar surface area (TPSA) is 49.7 Å². The number of halogens is 1. The van der Waals surface area contributed by atoms with Crippen LogP contribution >= 0.6 is 11.6 Å². The van der Waals surface area contributed by atoms with Gasteiger partial charge in [-0.1, -0.05) is 35.9 Å². The minimum absolute atomic E-state index is 0.150. The summed E-state index contributed by atoms with van der Waals surface area (Å²) in [6, 6.07) is 14.9. The van der Waals surface area contributed by atoms with E-state index >= 15 is 0 Å². The molecule has 0 aliphatic heterocycles. The summed E-state index contributed by atoms with van der Waals surface area (Å²) in [7, 11) is 1.61. The smallest absolute Gasteiger partial charge is 0.119 e. The highest BCUT2D eigenvalue weighted by Gasteiger charge is 2.31. The maximum atomic E-state index is 9.86. The Morgan fingerprint density at radius 2 is 1.71 bits per heavy atom. The second kappa shape index (κ2) is 6.94. The van der Waals surface area contributed by atoms with Crippen molar-refractivity contribution in [2.24, 2.45) is 0 Å². The molecular weight excluding hydrogens is 288 g/mol. The lowest BCUT2D eigenvalue weighted by atomic mass is 9.77. The molecule has 0 atom stereocenters. The molecular formula is C17H19ClO3. The molecule has 0 fully saturated rings. The fraction of sp³-hybridized carbons (Fsp3) is 0.294. The van der Waals surface area contributed by atoms with Crippen LogP contribution in [-0.2, 0) is 11.8 Å². The van der Waals surface area contributed by atoms with E-state index in [0.29, 0.717) is 11.4 Å². The number of hydrogen-bond donors (Lipinski definition) is 2. The molecule has 0 radical (unpaired) electrons. The van der Waals surface area contributed by atoms with E-state index in [2.05, 4.69) is 0 Å². The van der Waals surface area contributed by atoms with Crippen molar-refractivity contribution in [3.8, 4) is 5.75 Å². The third-order valence-electron chi connectivity index (χ3n) is 3.74. The third kappa shape index (κ3) is 3.56. The number of aliphatic hydroxyl groups is 2. The van der Waals surface area contributed by atoms with E-state index in [4.69, 9.17) is 16.3 Å². The number of methoxy groups -OCH3 is 1. The van der Waals surface area contributed by atoms with E-state index in [1.165, 1.54) is 0 Å². The standard InChI is InChI=1S/C17H19ClO3/c1-21-16-4-2-3-13(9-16)10-17(11-19,12-20)14-5-7-15(18)8-6-14/h2-9,19-20H,10-12H2,1H3. The molecule has 0 spiro atoms. The van der Waals surface area contributed by atoms with Gasteiger partial charge < -0.3 is 14.9 Å². The van der Waals surface area contributed by atoms with E-state index in [1.54, 1.807) is 19.2 Å². The highest BCUT2D eigenvalue weighted by molar-refractivity contribution is 6.30. The van der Waals surface area contributed by atoms with Crippen LogP contribution in [0.5, 0.6) is 5.75 Å². The minimum Gasteiger partial charge on any atom is -0.497 e. The Balaban J connectivity index is 2.35. The average molecular weight is 307 g/mol. The molecule has 112 valence electrons. The van der Waals surface area contributed by atoms with Crippen LogP contribution in [0.1, 0.15) is 11.1 Å². The zero-order chi connectivity index (χ0) is 15.3.